The molecule has 0 aromatic heterocycles. The van der Waals surface area contributed by atoms with Crippen LogP contribution in [0.5, 0.6) is 17.2 Å². The number of phenols is 2. The maximum atomic E-state index is 12.3. The number of rotatable bonds is 11. The molecule has 1 unspecified atom stereocenters. The normalized spacial score (nSPS) is 28.4. The van der Waals surface area contributed by atoms with Gasteiger partial charge in [-0.25, -0.2) is 14.4 Å². The van der Waals surface area contributed by atoms with Crippen molar-refractivity contribution in [3.05, 3.63) is 77.0 Å². The van der Waals surface area contributed by atoms with Crippen LogP contribution < -0.4 is 20.1 Å². The fraction of sp³-hybridized carbons (Fsp3) is 0.333. The van der Waals surface area contributed by atoms with Gasteiger partial charge in [-0.05, 0) is 47.6 Å². The molecule has 1 saturated heterocycles. The number of carboxylic acid groups (broad SMARTS) is 3. The second-order valence-corrected chi connectivity index (χ2v) is 11.9. The van der Waals surface area contributed by atoms with Crippen LogP contribution in [0, 0.1) is 0 Å². The molecule has 0 bridgehead atoms. The van der Waals surface area contributed by atoms with Crippen molar-refractivity contribution >= 4 is 35.6 Å². The van der Waals surface area contributed by atoms with E-state index in [4.69, 9.17) is 14.2 Å². The van der Waals surface area contributed by atoms with Crippen LogP contribution in [-0.4, -0.2) is 116 Å². The Kier molecular flexibility index (Phi) is 10.7. The fourth-order valence-electron chi connectivity index (χ4n) is 5.84. The predicted octanol–water partition coefficient (Wildman–Crippen LogP) is -2.93. The lowest BCUT2D eigenvalue weighted by molar-refractivity contribution is -0.840. The molecule has 17 nitrogen and oxygen atoms in total. The number of ether oxygens (including phenoxy) is 3. The molecule has 3 heterocycles. The SMILES string of the molecule is O=C(C=Cc1ccc(O)cc1)OC[C@H]1O[C@H](Oc2cc3c(cc2O)C[C@H](C(=O)[O-])[NH+]3CC=C2C=C(C(=O)O)N[C@H](C(=O)O)C2)[C@H](O)[C@@H](O)[C@@H]1O. The Bertz CT molecular complexity index is 1740. The van der Waals surface area contributed by atoms with Crippen molar-refractivity contribution in [2.24, 2.45) is 0 Å². The van der Waals surface area contributed by atoms with Gasteiger partial charge in [0.05, 0.1) is 0 Å². The van der Waals surface area contributed by atoms with Crippen molar-refractivity contribution in [2.75, 3.05) is 13.2 Å². The molecular weight excluding hydrogens is 664 g/mol. The van der Waals surface area contributed by atoms with Crippen molar-refractivity contribution in [1.29, 1.82) is 0 Å². The van der Waals surface area contributed by atoms with E-state index in [1.54, 1.807) is 12.1 Å². The molecule has 0 amide bonds. The molecule has 0 radical (unpaired) electrons. The van der Waals surface area contributed by atoms with Crippen LogP contribution in [0.4, 0.5) is 5.69 Å². The van der Waals surface area contributed by atoms with E-state index >= 15 is 0 Å². The molecule has 3 aliphatic rings. The van der Waals surface area contributed by atoms with Crippen molar-refractivity contribution < 1.29 is 79.1 Å². The first kappa shape index (κ1) is 35.8. The Labute approximate surface area is 283 Å². The number of carbonyl (C=O) groups is 4. The van der Waals surface area contributed by atoms with E-state index in [2.05, 4.69) is 5.32 Å². The second-order valence-electron chi connectivity index (χ2n) is 11.9. The average Bonchev–Trinajstić information content (AvgIpc) is 3.43. The summed E-state index contributed by atoms with van der Waals surface area (Å²) in [6.45, 7) is -0.640. The third-order valence-corrected chi connectivity index (χ3v) is 8.48. The fourth-order valence-corrected chi connectivity index (χ4v) is 5.84. The number of carbonyl (C=O) groups excluding carboxylic acids is 2. The Morgan fingerprint density at radius 2 is 1.72 bits per heavy atom. The third kappa shape index (κ3) is 8.04. The number of nitrogens with one attached hydrogen (secondary N) is 2. The first-order valence-electron chi connectivity index (χ1n) is 15.3. The smallest absolute Gasteiger partial charge is 0.351 e. The quantitative estimate of drug-likeness (QED) is 0.0645. The highest BCUT2D eigenvalue weighted by molar-refractivity contribution is 5.89. The molecule has 1 fully saturated rings. The number of aliphatic carboxylic acids is 3. The zero-order valence-corrected chi connectivity index (χ0v) is 26.0. The lowest BCUT2D eigenvalue weighted by atomic mass is 9.99. The van der Waals surface area contributed by atoms with Gasteiger partial charge in [-0.2, -0.15) is 0 Å². The zero-order valence-electron chi connectivity index (χ0n) is 26.0. The van der Waals surface area contributed by atoms with Gasteiger partial charge in [0.25, 0.3) is 0 Å². The second kappa shape index (κ2) is 15.0. The summed E-state index contributed by atoms with van der Waals surface area (Å²) in [6, 6.07) is 6.10. The Hall–Kier alpha value is -5.46. The van der Waals surface area contributed by atoms with Gasteiger partial charge in [0.2, 0.25) is 6.29 Å². The third-order valence-electron chi connectivity index (χ3n) is 8.48. The molecule has 266 valence electrons. The molecule has 0 saturated carbocycles. The highest BCUT2D eigenvalue weighted by atomic mass is 16.7. The number of aliphatic hydroxyl groups excluding tert-OH is 3. The van der Waals surface area contributed by atoms with Gasteiger partial charge in [0.1, 0.15) is 72.8 Å². The number of quaternary nitrogens is 1. The van der Waals surface area contributed by atoms with Crippen LogP contribution in [-0.2, 0) is 35.1 Å². The van der Waals surface area contributed by atoms with Crippen LogP contribution in [0.25, 0.3) is 6.08 Å². The largest absolute Gasteiger partial charge is 0.544 e. The highest BCUT2D eigenvalue weighted by Gasteiger charge is 2.46. The van der Waals surface area contributed by atoms with Crippen molar-refractivity contribution in [2.45, 2.75) is 55.6 Å². The molecule has 5 rings (SSSR count). The average molecular weight is 699 g/mol. The topological polar surface area (TPSA) is 277 Å². The van der Waals surface area contributed by atoms with Crippen LogP contribution >= 0.6 is 0 Å². The molecule has 50 heavy (non-hydrogen) atoms. The Morgan fingerprint density at radius 1 is 1.00 bits per heavy atom. The minimum absolute atomic E-state index is 0.0389. The van der Waals surface area contributed by atoms with E-state index in [0.29, 0.717) is 27.3 Å². The van der Waals surface area contributed by atoms with Crippen molar-refractivity contribution in [3.63, 3.8) is 0 Å². The maximum Gasteiger partial charge on any atom is 0.351 e. The first-order chi connectivity index (χ1) is 23.7. The Morgan fingerprint density at radius 3 is 2.38 bits per heavy atom. The number of allylic oxidation sites excluding steroid dienone is 1. The minimum atomic E-state index is -1.85. The summed E-state index contributed by atoms with van der Waals surface area (Å²) < 4.78 is 16.4. The lowest BCUT2D eigenvalue weighted by Gasteiger charge is -2.39. The number of fused-ring (bicyclic) bond motifs is 1. The van der Waals surface area contributed by atoms with Gasteiger partial charge in [-0.1, -0.05) is 12.1 Å². The van der Waals surface area contributed by atoms with Gasteiger partial charge in [-0.3, -0.25) is 4.90 Å². The van der Waals surface area contributed by atoms with E-state index < -0.39 is 79.0 Å². The van der Waals surface area contributed by atoms with E-state index in [1.165, 1.54) is 42.5 Å². The minimum Gasteiger partial charge on any atom is -0.544 e. The maximum absolute atomic E-state index is 12.3. The summed E-state index contributed by atoms with van der Waals surface area (Å²) in [5.41, 5.74) is 1.29. The summed E-state index contributed by atoms with van der Waals surface area (Å²) in [7, 11) is 0. The number of aliphatic hydroxyl groups is 3. The van der Waals surface area contributed by atoms with Crippen molar-refractivity contribution in [1.82, 2.24) is 5.32 Å². The highest BCUT2D eigenvalue weighted by Crippen LogP contribution is 2.36. The summed E-state index contributed by atoms with van der Waals surface area (Å²) in [4.78, 5) is 47.8. The van der Waals surface area contributed by atoms with Gasteiger partial charge < -0.3 is 65.2 Å². The summed E-state index contributed by atoms with van der Waals surface area (Å²) in [5, 5.41) is 85.1. The van der Waals surface area contributed by atoms with Gasteiger partial charge in [0.15, 0.2) is 11.5 Å². The summed E-state index contributed by atoms with van der Waals surface area (Å²) in [6.07, 6.45) is -3.38. The van der Waals surface area contributed by atoms with E-state index in [1.807, 2.05) is 0 Å². The standard InChI is InChI=1S/C33H34N2O15/c36-18-4-1-15(2-5-18)3-6-26(38)48-14-25-27(39)28(40)29(41)33(50-25)49-24-13-21-17(12-23(24)37)11-22(32(46)47)35(21)8-7-16-9-19(30(42)43)34-20(10-16)31(44)45/h1-7,9,12-13,20,22,25,27-29,33-34,36-37,39-41H,8,10-11,14H2,(H,42,43)(H,44,45)(H,46,47)/t20-,22+,25+,27+,28-,29+,33-/m0/s1. The van der Waals surface area contributed by atoms with Crippen molar-refractivity contribution in [3.8, 4) is 17.2 Å². The predicted molar refractivity (Wildman–Crippen MR) is 164 cm³/mol. The monoisotopic (exact) mass is 698 g/mol. The van der Waals surface area contributed by atoms with E-state index in [9.17, 15) is 60.0 Å². The van der Waals surface area contributed by atoms with Gasteiger partial charge >= 0.3 is 17.9 Å². The molecule has 3 aliphatic heterocycles. The number of benzene rings is 2. The van der Waals surface area contributed by atoms with Gasteiger partial charge in [0, 0.05) is 30.5 Å². The molecular formula is C33H34N2O15. The number of carboxylic acids is 3. The molecule has 0 spiro atoms. The molecule has 9 N–H and O–H groups in total. The van der Waals surface area contributed by atoms with Crippen LogP contribution in [0.1, 0.15) is 17.5 Å². The molecule has 2 aromatic rings. The summed E-state index contributed by atoms with van der Waals surface area (Å²) in [5.74, 6) is -5.65. The summed E-state index contributed by atoms with van der Waals surface area (Å²) >= 11 is 0. The molecule has 2 aromatic carbocycles. The molecule has 17 heteroatoms. The van der Waals surface area contributed by atoms with Crippen LogP contribution in [0.2, 0.25) is 0 Å². The number of phenolic OH excluding ortho intramolecular Hbond substituents is 2. The molecule has 0 aliphatic carbocycles. The molecule has 8 atom stereocenters. The van der Waals surface area contributed by atoms with E-state index in [-0.39, 0.29) is 36.6 Å². The van der Waals surface area contributed by atoms with Gasteiger partial charge in [-0.15, -0.1) is 0 Å². The Balaban J connectivity index is 1.32. The van der Waals surface area contributed by atoms with Crippen LogP contribution in [0.3, 0.4) is 0 Å². The zero-order chi connectivity index (χ0) is 36.3. The number of esters is 1. The number of hydrogen-bond donors (Lipinski definition) is 9. The van der Waals surface area contributed by atoms with Crippen LogP contribution in [0.15, 0.2) is 65.9 Å². The first-order valence-corrected chi connectivity index (χ1v) is 15.3. The number of hydrogen-bond acceptors (Lipinski definition) is 14. The van der Waals surface area contributed by atoms with E-state index in [0.717, 1.165) is 6.08 Å². The lowest BCUT2D eigenvalue weighted by Crippen LogP contribution is -3.11. The number of aromatic hydroxyl groups is 2.